The molecule has 8 fully saturated rings. The molecule has 13 rings (SSSR count). The maximum atomic E-state index is 6.32. The highest BCUT2D eigenvalue weighted by molar-refractivity contribution is 5.44. The summed E-state index contributed by atoms with van der Waals surface area (Å²) in [5.74, 6) is 14.4. The first-order valence-corrected chi connectivity index (χ1v) is 39.4. The molecule has 8 bridgehead atoms. The highest BCUT2D eigenvalue weighted by Gasteiger charge is 2.52. The fourth-order valence-electron chi connectivity index (χ4n) is 16.8. The van der Waals surface area contributed by atoms with Crippen LogP contribution in [0.4, 0.5) is 0 Å². The Kier molecular flexibility index (Phi) is 33.8. The van der Waals surface area contributed by atoms with E-state index in [2.05, 4.69) is 169 Å². The normalized spacial score (nSPS) is 24.4. The van der Waals surface area contributed by atoms with Crippen LogP contribution in [-0.4, -0.2) is 71.6 Å². The zero-order valence-corrected chi connectivity index (χ0v) is 65.8. The van der Waals surface area contributed by atoms with E-state index in [1.807, 2.05) is 65.0 Å². The molecule has 0 saturated heterocycles. The first-order valence-electron chi connectivity index (χ1n) is 39.4. The largest absolute Gasteiger partial charge is 0.493 e. The predicted octanol–water partition coefficient (Wildman–Crippen LogP) is 24.1. The van der Waals surface area contributed by atoms with E-state index in [1.54, 1.807) is 7.11 Å². The van der Waals surface area contributed by atoms with E-state index in [9.17, 15) is 0 Å². The maximum absolute atomic E-state index is 6.32. The second kappa shape index (κ2) is 41.3. The summed E-state index contributed by atoms with van der Waals surface area (Å²) in [6.45, 7) is 42.0. The Morgan fingerprint density at radius 2 is 0.740 bits per heavy atom. The Balaban J connectivity index is 0.000000177. The third-order valence-electron chi connectivity index (χ3n) is 22.7. The van der Waals surface area contributed by atoms with Crippen molar-refractivity contribution in [3.63, 3.8) is 0 Å². The van der Waals surface area contributed by atoms with E-state index in [4.69, 9.17) is 52.1 Å². The molecule has 0 N–H and O–H groups in total. The van der Waals surface area contributed by atoms with Crippen molar-refractivity contribution in [3.8, 4) is 34.5 Å². The lowest BCUT2D eigenvalue weighted by atomic mass is 9.50. The fourth-order valence-corrected chi connectivity index (χ4v) is 16.8. The van der Waals surface area contributed by atoms with Gasteiger partial charge in [0, 0.05) is 13.2 Å². The van der Waals surface area contributed by atoms with E-state index >= 15 is 0 Å². The summed E-state index contributed by atoms with van der Waals surface area (Å²) in [5, 5.41) is 0. The molecule has 8 aliphatic rings. The highest BCUT2D eigenvalue weighted by atomic mass is 16.7. The second-order valence-electron chi connectivity index (χ2n) is 31.4. The number of aryl methyl sites for hydroxylation is 1. The summed E-state index contributed by atoms with van der Waals surface area (Å²) in [5.41, 5.74) is 8.59. The third kappa shape index (κ3) is 25.5. The fraction of sp³-hybridized carbons (Fsp3) is 0.663. The van der Waals surface area contributed by atoms with Crippen LogP contribution in [0.15, 0.2) is 109 Å². The highest BCUT2D eigenvalue weighted by Crippen LogP contribution is 2.60. The topological polar surface area (TPSA) is 102 Å². The van der Waals surface area contributed by atoms with Crippen molar-refractivity contribution in [3.05, 3.63) is 143 Å². The zero-order valence-electron chi connectivity index (χ0n) is 65.8. The Hall–Kier alpha value is -5.30. The van der Waals surface area contributed by atoms with Gasteiger partial charge in [-0.25, -0.2) is 0 Å². The smallest absolute Gasteiger partial charge is 0.197 e. The summed E-state index contributed by atoms with van der Waals surface area (Å²) in [6.07, 6.45) is 22.0. The lowest BCUT2D eigenvalue weighted by Crippen LogP contribution is -2.52. The summed E-state index contributed by atoms with van der Waals surface area (Å²) < 4.78 is 62.9. The van der Waals surface area contributed by atoms with Gasteiger partial charge in [0.25, 0.3) is 0 Å². The molecular formula is C89H136O11. The molecule has 8 aliphatic carbocycles. The standard InChI is InChI=1S/C22H32O2.C21H30O2.C16H26O2.C15H24O3.C15H24O2/c1-3-16(2)20-4-6-21(7-5-20)24-15-23-14-22-11-17-8-18(12-22)10-19(9-17)13-22;1-3-15(2)19-4-6-20(7-5-19)22-14-23-21-11-16-8-17(12-21)10-18(9-16)13-21;1-6-13(4)15-7-9-16(10-8-15)18-14(5)17-11-12(2)3;1-6-11(3)13-8-9-14(15(10-13)16-5)18-12(4)17-7-2;1-6-11(3)14-8-9-15(12(4)10-14)17-13(5)16-7-2/h4-7,16-19H,3,8-15H2,1-2H3;4-7,15-18H,3,8-14H2,1-2H3;7-10,12-14H,6,11H2,1-5H3;8-12H,6-7H2,1-5H3;8-11,13H,6-7H2,1-5H3. The van der Waals surface area contributed by atoms with E-state index in [1.165, 1.54) is 123 Å². The molecule has 8 unspecified atom stereocenters. The van der Waals surface area contributed by atoms with Gasteiger partial charge in [0.2, 0.25) is 0 Å². The van der Waals surface area contributed by atoms with Gasteiger partial charge in [-0.15, -0.1) is 0 Å². The molecule has 0 amide bonds. The molecule has 0 radical (unpaired) electrons. The van der Waals surface area contributed by atoms with E-state index in [0.717, 1.165) is 102 Å². The molecule has 558 valence electrons. The van der Waals surface area contributed by atoms with Crippen LogP contribution in [0.25, 0.3) is 0 Å². The Labute approximate surface area is 607 Å². The summed E-state index contributed by atoms with van der Waals surface area (Å²) >= 11 is 0. The molecule has 0 heterocycles. The molecule has 8 atom stereocenters. The average molecular weight is 1380 g/mol. The Bertz CT molecular complexity index is 3000. The van der Waals surface area contributed by atoms with Crippen molar-refractivity contribution in [2.75, 3.05) is 47.1 Å². The molecule has 8 saturated carbocycles. The van der Waals surface area contributed by atoms with Crippen molar-refractivity contribution in [1.29, 1.82) is 0 Å². The monoisotopic (exact) mass is 1380 g/mol. The molecule has 0 aromatic heterocycles. The van der Waals surface area contributed by atoms with Gasteiger partial charge in [0.05, 0.1) is 25.9 Å². The van der Waals surface area contributed by atoms with E-state index in [0.29, 0.717) is 67.7 Å². The minimum atomic E-state index is -0.265. The Morgan fingerprint density at radius 1 is 0.380 bits per heavy atom. The molecule has 5 aromatic carbocycles. The van der Waals surface area contributed by atoms with Crippen LogP contribution in [-0.2, 0) is 23.7 Å². The van der Waals surface area contributed by atoms with Crippen molar-refractivity contribution in [2.45, 2.75) is 288 Å². The SMILES string of the molecule is CCC(C)c1ccc(OC(C)OCC(C)C)cc1.CCC(C)c1ccc(OCOC23CC4CC(CC(C4)C2)C3)cc1.CCC(C)c1ccc(OCOCC23CC4CC(CC(C4)C2)C3)cc1.CCOC(C)Oc1ccc(C(C)CC)cc1C.CCOC(C)Oc1ccc(C(C)CC)cc1OC. The van der Waals surface area contributed by atoms with E-state index < -0.39 is 0 Å². The van der Waals surface area contributed by atoms with Gasteiger partial charge in [-0.1, -0.05) is 138 Å². The second-order valence-corrected chi connectivity index (χ2v) is 31.4. The van der Waals surface area contributed by atoms with Crippen LogP contribution in [0.3, 0.4) is 0 Å². The molecule has 11 heteroatoms. The van der Waals surface area contributed by atoms with Crippen LogP contribution in [0.5, 0.6) is 34.5 Å². The number of hydrogen-bond donors (Lipinski definition) is 0. The predicted molar refractivity (Wildman–Crippen MR) is 411 cm³/mol. The lowest BCUT2D eigenvalue weighted by molar-refractivity contribution is -0.190. The van der Waals surface area contributed by atoms with Gasteiger partial charge in [0.15, 0.2) is 44.0 Å². The summed E-state index contributed by atoms with van der Waals surface area (Å²) in [4.78, 5) is 0. The minimum Gasteiger partial charge on any atom is -0.493 e. The van der Waals surface area contributed by atoms with Crippen LogP contribution in [0.1, 0.15) is 290 Å². The van der Waals surface area contributed by atoms with Gasteiger partial charge >= 0.3 is 0 Å². The summed E-state index contributed by atoms with van der Waals surface area (Å²) in [7, 11) is 1.66. The van der Waals surface area contributed by atoms with Crippen LogP contribution in [0.2, 0.25) is 0 Å². The molecule has 0 spiro atoms. The van der Waals surface area contributed by atoms with Crippen LogP contribution >= 0.6 is 0 Å². The van der Waals surface area contributed by atoms with Gasteiger partial charge < -0.3 is 52.1 Å². The summed E-state index contributed by atoms with van der Waals surface area (Å²) in [6, 6.07) is 37.9. The van der Waals surface area contributed by atoms with Crippen LogP contribution in [0, 0.1) is 53.8 Å². The first kappa shape index (κ1) is 82.0. The Morgan fingerprint density at radius 3 is 1.14 bits per heavy atom. The van der Waals surface area contributed by atoms with Gasteiger partial charge in [-0.3, -0.25) is 0 Å². The van der Waals surface area contributed by atoms with E-state index in [-0.39, 0.29) is 24.5 Å². The van der Waals surface area contributed by atoms with Gasteiger partial charge in [-0.2, -0.15) is 0 Å². The average Bonchev–Trinajstić information content (AvgIpc) is 0.759. The molecule has 0 aliphatic heterocycles. The van der Waals surface area contributed by atoms with Gasteiger partial charge in [-0.05, 0) is 315 Å². The van der Waals surface area contributed by atoms with Crippen LogP contribution < -0.4 is 28.4 Å². The van der Waals surface area contributed by atoms with Crippen molar-refractivity contribution in [2.24, 2.45) is 46.8 Å². The van der Waals surface area contributed by atoms with Crippen molar-refractivity contribution < 1.29 is 52.1 Å². The lowest BCUT2D eigenvalue weighted by Gasteiger charge is -2.56. The quantitative estimate of drug-likeness (QED) is 0.0296. The number of benzene rings is 5. The maximum Gasteiger partial charge on any atom is 0.197 e. The number of ether oxygens (including phenoxy) is 11. The van der Waals surface area contributed by atoms with Crippen molar-refractivity contribution in [1.82, 2.24) is 0 Å². The number of rotatable bonds is 33. The number of methoxy groups -OCH3 is 1. The van der Waals surface area contributed by atoms with Crippen molar-refractivity contribution >= 4 is 0 Å². The first-order chi connectivity index (χ1) is 48.0. The minimum absolute atomic E-state index is 0.144. The van der Waals surface area contributed by atoms with Gasteiger partial charge in [0.1, 0.15) is 23.0 Å². The molecule has 5 aromatic rings. The molecule has 100 heavy (non-hydrogen) atoms. The molecule has 11 nitrogen and oxygen atoms in total. The zero-order chi connectivity index (χ0) is 72.4. The third-order valence-corrected chi connectivity index (χ3v) is 22.7. The molecular weight excluding hydrogens is 1240 g/mol. The number of hydrogen-bond acceptors (Lipinski definition) is 11.